The molecule has 51 valence electrons. The monoisotopic (exact) mass is 202 g/mol. The van der Waals surface area contributed by atoms with Crippen molar-refractivity contribution in [1.29, 1.82) is 0 Å². The molecule has 9 heavy (non-hydrogen) atoms. The van der Waals surface area contributed by atoms with Gasteiger partial charge in [-0.05, 0) is 0 Å². The number of rotatable bonds is 2. The standard InChI is InChI=1S/C7H13O.Y/c1-6(2)3-7-4-8-5-7;/h6H,3-5H2,1-2H3;/q-1;. The summed E-state index contributed by atoms with van der Waals surface area (Å²) in [4.78, 5) is 0. The minimum Gasteiger partial charge on any atom is -0.444 e. The van der Waals surface area contributed by atoms with Crippen LogP contribution in [-0.2, 0) is 37.4 Å². The maximum Gasteiger partial charge on any atom is 0 e. The van der Waals surface area contributed by atoms with Crippen LogP contribution in [0.3, 0.4) is 0 Å². The summed E-state index contributed by atoms with van der Waals surface area (Å²) in [6, 6.07) is 0. The van der Waals surface area contributed by atoms with Crippen molar-refractivity contribution in [3.63, 3.8) is 0 Å². The van der Waals surface area contributed by atoms with Crippen LogP contribution in [0.1, 0.15) is 20.3 Å². The first-order valence-corrected chi connectivity index (χ1v) is 3.20. The maximum atomic E-state index is 5.00. The van der Waals surface area contributed by atoms with E-state index in [1.165, 1.54) is 6.42 Å². The first-order chi connectivity index (χ1) is 3.79. The van der Waals surface area contributed by atoms with Crippen molar-refractivity contribution < 1.29 is 37.4 Å². The van der Waals surface area contributed by atoms with E-state index in [9.17, 15) is 0 Å². The molecule has 0 atom stereocenters. The second-order valence-electron chi connectivity index (χ2n) is 2.84. The molecular formula is C7H13OY-. The van der Waals surface area contributed by atoms with Gasteiger partial charge in [-0.1, -0.05) is 33.0 Å². The molecule has 0 aliphatic carbocycles. The van der Waals surface area contributed by atoms with E-state index in [2.05, 4.69) is 13.8 Å². The van der Waals surface area contributed by atoms with E-state index < -0.39 is 0 Å². The Labute approximate surface area is 82.4 Å². The van der Waals surface area contributed by atoms with E-state index in [0.29, 0.717) is 0 Å². The number of hydrogen-bond acceptors (Lipinski definition) is 1. The second kappa shape index (κ2) is 4.81. The van der Waals surface area contributed by atoms with Crippen LogP contribution in [0.25, 0.3) is 0 Å². The van der Waals surface area contributed by atoms with Gasteiger partial charge in [0.15, 0.2) is 0 Å². The Morgan fingerprint density at radius 3 is 2.11 bits per heavy atom. The van der Waals surface area contributed by atoms with Crippen molar-refractivity contribution >= 4 is 0 Å². The average Bonchev–Trinajstić information content (AvgIpc) is 1.55. The normalized spacial score (nSPS) is 19.0. The summed E-state index contributed by atoms with van der Waals surface area (Å²) in [5.74, 6) is 2.40. The molecule has 1 saturated heterocycles. The Morgan fingerprint density at radius 1 is 1.44 bits per heavy atom. The van der Waals surface area contributed by atoms with E-state index in [0.717, 1.165) is 19.1 Å². The van der Waals surface area contributed by atoms with Gasteiger partial charge in [0.2, 0.25) is 0 Å². The third-order valence-electron chi connectivity index (χ3n) is 1.31. The number of ether oxygens (including phenoxy) is 1. The molecule has 0 aromatic heterocycles. The zero-order valence-corrected chi connectivity index (χ0v) is 9.02. The molecule has 1 aliphatic heterocycles. The fraction of sp³-hybridized carbons (Fsp3) is 0.857. The van der Waals surface area contributed by atoms with Gasteiger partial charge < -0.3 is 4.74 Å². The van der Waals surface area contributed by atoms with Crippen LogP contribution in [0.15, 0.2) is 0 Å². The minimum absolute atomic E-state index is 0. The molecule has 0 spiro atoms. The maximum absolute atomic E-state index is 5.00. The molecule has 1 nitrogen and oxygen atoms in total. The molecule has 0 aromatic carbocycles. The van der Waals surface area contributed by atoms with Crippen LogP contribution in [0.4, 0.5) is 0 Å². The fourth-order valence-electron chi connectivity index (χ4n) is 0.942. The van der Waals surface area contributed by atoms with Crippen molar-refractivity contribution in [1.82, 2.24) is 0 Å². The second-order valence-corrected chi connectivity index (χ2v) is 2.84. The molecule has 0 bridgehead atoms. The van der Waals surface area contributed by atoms with Crippen molar-refractivity contribution in [3.05, 3.63) is 5.92 Å². The molecule has 1 rings (SSSR count). The van der Waals surface area contributed by atoms with Crippen LogP contribution in [0.2, 0.25) is 0 Å². The minimum atomic E-state index is 0. The van der Waals surface area contributed by atoms with Gasteiger partial charge in [0, 0.05) is 32.7 Å². The molecule has 0 amide bonds. The van der Waals surface area contributed by atoms with Gasteiger partial charge in [0.05, 0.1) is 0 Å². The molecule has 1 radical (unpaired) electrons. The zero-order chi connectivity index (χ0) is 5.98. The van der Waals surface area contributed by atoms with Crippen LogP contribution < -0.4 is 0 Å². The van der Waals surface area contributed by atoms with E-state index in [1.54, 1.807) is 5.92 Å². The molecule has 1 heterocycles. The predicted octanol–water partition coefficient (Wildman–Crippen LogP) is 1.63. The van der Waals surface area contributed by atoms with Gasteiger partial charge in [-0.3, -0.25) is 5.92 Å². The first kappa shape index (κ1) is 10.1. The van der Waals surface area contributed by atoms with Crippen molar-refractivity contribution in [2.75, 3.05) is 13.2 Å². The smallest absolute Gasteiger partial charge is 0 e. The largest absolute Gasteiger partial charge is 0.444 e. The SMILES string of the molecule is CC(C)C[C-]1COC1.[Y]. The predicted molar refractivity (Wildman–Crippen MR) is 33.5 cm³/mol. The Morgan fingerprint density at radius 2 is 2.00 bits per heavy atom. The molecule has 0 N–H and O–H groups in total. The van der Waals surface area contributed by atoms with Crippen molar-refractivity contribution in [3.8, 4) is 0 Å². The molecule has 0 unspecified atom stereocenters. The number of hydrogen-bond donors (Lipinski definition) is 0. The molecule has 0 aromatic rings. The van der Waals surface area contributed by atoms with Gasteiger partial charge in [-0.15, -0.1) is 0 Å². The molecular weight excluding hydrogens is 189 g/mol. The quantitative estimate of drug-likeness (QED) is 0.618. The Kier molecular flexibility index (Phi) is 5.38. The summed E-state index contributed by atoms with van der Waals surface area (Å²) < 4.78 is 5.00. The van der Waals surface area contributed by atoms with Crippen LogP contribution in [-0.4, -0.2) is 13.2 Å². The third kappa shape index (κ3) is 3.69. The summed E-state index contributed by atoms with van der Waals surface area (Å²) in [6.07, 6.45) is 1.26. The molecule has 1 fully saturated rings. The summed E-state index contributed by atoms with van der Waals surface area (Å²) >= 11 is 0. The molecule has 1 aliphatic rings. The summed E-state index contributed by atoms with van der Waals surface area (Å²) in [7, 11) is 0. The fourth-order valence-corrected chi connectivity index (χ4v) is 0.942. The summed E-state index contributed by atoms with van der Waals surface area (Å²) in [5.41, 5.74) is 0. The van der Waals surface area contributed by atoms with Crippen molar-refractivity contribution in [2.24, 2.45) is 5.92 Å². The molecule has 2 heteroatoms. The summed E-state index contributed by atoms with van der Waals surface area (Å²) in [5, 5.41) is 0. The van der Waals surface area contributed by atoms with Gasteiger partial charge in [-0.25, -0.2) is 0 Å². The Bertz CT molecular complexity index is 69.3. The van der Waals surface area contributed by atoms with Gasteiger partial charge >= 0.3 is 0 Å². The average molecular weight is 202 g/mol. The Balaban J connectivity index is 0.000000640. The first-order valence-electron chi connectivity index (χ1n) is 3.20. The summed E-state index contributed by atoms with van der Waals surface area (Å²) in [6.45, 7) is 6.34. The van der Waals surface area contributed by atoms with E-state index in [4.69, 9.17) is 4.74 Å². The van der Waals surface area contributed by atoms with Crippen LogP contribution in [0.5, 0.6) is 0 Å². The van der Waals surface area contributed by atoms with E-state index in [1.807, 2.05) is 0 Å². The zero-order valence-electron chi connectivity index (χ0n) is 6.18. The van der Waals surface area contributed by atoms with E-state index in [-0.39, 0.29) is 32.7 Å². The molecule has 0 saturated carbocycles. The van der Waals surface area contributed by atoms with Crippen LogP contribution in [0, 0.1) is 11.8 Å². The van der Waals surface area contributed by atoms with Gasteiger partial charge in [-0.2, -0.15) is 6.42 Å². The van der Waals surface area contributed by atoms with Gasteiger partial charge in [0.25, 0.3) is 0 Å². The van der Waals surface area contributed by atoms with Crippen molar-refractivity contribution in [2.45, 2.75) is 20.3 Å². The third-order valence-corrected chi connectivity index (χ3v) is 1.31. The Hall–Kier alpha value is 1.06. The van der Waals surface area contributed by atoms with Gasteiger partial charge in [0.1, 0.15) is 0 Å². The van der Waals surface area contributed by atoms with Crippen LogP contribution >= 0.6 is 0 Å². The van der Waals surface area contributed by atoms with E-state index >= 15 is 0 Å². The topological polar surface area (TPSA) is 9.23 Å².